The maximum atomic E-state index is 11.6. The van der Waals surface area contributed by atoms with Crippen molar-refractivity contribution in [1.82, 2.24) is 5.43 Å². The first kappa shape index (κ1) is 14.5. The van der Waals surface area contributed by atoms with Crippen LogP contribution >= 0.6 is 0 Å². The summed E-state index contributed by atoms with van der Waals surface area (Å²) in [5, 5.41) is -0.495. The standard InChI is InChI=1S/C14H22N2O2S/c1-10(19(2,17)18)14(16-15)9-11-6-7-12-4-3-5-13(12)8-11/h6-8,10,14,16H,3-5,9,15H2,1-2H3. The lowest BCUT2D eigenvalue weighted by molar-refractivity contribution is 0.494. The van der Waals surface area contributed by atoms with Crippen molar-refractivity contribution in [2.45, 2.75) is 43.9 Å². The van der Waals surface area contributed by atoms with Gasteiger partial charge in [-0.1, -0.05) is 18.2 Å². The molecular weight excluding hydrogens is 260 g/mol. The van der Waals surface area contributed by atoms with Crippen LogP contribution in [0.4, 0.5) is 0 Å². The maximum Gasteiger partial charge on any atom is 0.151 e. The smallest absolute Gasteiger partial charge is 0.151 e. The zero-order valence-corrected chi connectivity index (χ0v) is 12.3. The Balaban J connectivity index is 2.15. The van der Waals surface area contributed by atoms with Crippen molar-refractivity contribution < 1.29 is 8.42 Å². The van der Waals surface area contributed by atoms with Crippen LogP contribution in [-0.2, 0) is 29.1 Å². The van der Waals surface area contributed by atoms with Crippen molar-refractivity contribution >= 4 is 9.84 Å². The van der Waals surface area contributed by atoms with E-state index in [1.54, 1.807) is 6.92 Å². The monoisotopic (exact) mass is 282 g/mol. The van der Waals surface area contributed by atoms with Crippen LogP contribution in [0.2, 0.25) is 0 Å². The number of nitrogens with one attached hydrogen (secondary N) is 1. The van der Waals surface area contributed by atoms with Gasteiger partial charge in [0.1, 0.15) is 0 Å². The van der Waals surface area contributed by atoms with E-state index >= 15 is 0 Å². The van der Waals surface area contributed by atoms with E-state index in [4.69, 9.17) is 5.84 Å². The Bertz CT molecular complexity index is 555. The molecule has 0 spiro atoms. The van der Waals surface area contributed by atoms with Gasteiger partial charge in [-0.05, 0) is 49.3 Å². The highest BCUT2D eigenvalue weighted by molar-refractivity contribution is 7.91. The molecule has 0 aliphatic heterocycles. The average Bonchev–Trinajstić information content (AvgIpc) is 2.81. The van der Waals surface area contributed by atoms with E-state index < -0.39 is 15.1 Å². The summed E-state index contributed by atoms with van der Waals surface area (Å²) in [4.78, 5) is 0. The summed E-state index contributed by atoms with van der Waals surface area (Å²) in [6.07, 6.45) is 5.40. The van der Waals surface area contributed by atoms with Crippen LogP contribution in [0.5, 0.6) is 0 Å². The first-order chi connectivity index (χ1) is 8.91. The Morgan fingerprint density at radius 3 is 2.63 bits per heavy atom. The second kappa shape index (κ2) is 5.61. The third kappa shape index (κ3) is 3.35. The largest absolute Gasteiger partial charge is 0.271 e. The van der Waals surface area contributed by atoms with Crippen LogP contribution in [0, 0.1) is 0 Å². The molecule has 2 unspecified atom stereocenters. The molecule has 1 aromatic carbocycles. The Labute approximate surface area is 115 Å². The van der Waals surface area contributed by atoms with Crippen molar-refractivity contribution in [3.63, 3.8) is 0 Å². The van der Waals surface area contributed by atoms with Crippen molar-refractivity contribution in [1.29, 1.82) is 0 Å². The molecule has 3 N–H and O–H groups in total. The molecule has 5 heteroatoms. The first-order valence-corrected chi connectivity index (χ1v) is 8.63. The summed E-state index contributed by atoms with van der Waals surface area (Å²) in [6.45, 7) is 1.70. The van der Waals surface area contributed by atoms with Crippen LogP contribution in [0.3, 0.4) is 0 Å². The minimum atomic E-state index is -3.09. The van der Waals surface area contributed by atoms with E-state index in [2.05, 4.69) is 23.6 Å². The third-order valence-electron chi connectivity index (χ3n) is 4.07. The minimum absolute atomic E-state index is 0.255. The van der Waals surface area contributed by atoms with E-state index in [1.165, 1.54) is 23.8 Å². The molecule has 0 aromatic heterocycles. The Hall–Kier alpha value is -0.910. The number of sulfone groups is 1. The summed E-state index contributed by atoms with van der Waals surface area (Å²) in [6, 6.07) is 6.19. The van der Waals surface area contributed by atoms with E-state index in [1.807, 2.05) is 0 Å². The quantitative estimate of drug-likeness (QED) is 0.624. The van der Waals surface area contributed by atoms with Gasteiger partial charge in [-0.25, -0.2) is 8.42 Å². The van der Waals surface area contributed by atoms with Gasteiger partial charge in [0.2, 0.25) is 0 Å². The minimum Gasteiger partial charge on any atom is -0.271 e. The fraction of sp³-hybridized carbons (Fsp3) is 0.571. The highest BCUT2D eigenvalue weighted by Gasteiger charge is 2.25. The summed E-state index contributed by atoms with van der Waals surface area (Å²) >= 11 is 0. The molecule has 0 saturated heterocycles. The highest BCUT2D eigenvalue weighted by atomic mass is 32.2. The van der Waals surface area contributed by atoms with Gasteiger partial charge in [0.15, 0.2) is 9.84 Å². The summed E-state index contributed by atoms with van der Waals surface area (Å²) in [7, 11) is -3.09. The van der Waals surface area contributed by atoms with Crippen LogP contribution in [0.1, 0.15) is 30.0 Å². The maximum absolute atomic E-state index is 11.6. The molecule has 0 fully saturated rings. The number of hydrogen-bond acceptors (Lipinski definition) is 4. The second-order valence-electron chi connectivity index (χ2n) is 5.47. The van der Waals surface area contributed by atoms with Crippen LogP contribution in [0.15, 0.2) is 18.2 Å². The SMILES string of the molecule is CC(C(Cc1ccc2c(c1)CCC2)NN)S(C)(=O)=O. The van der Waals surface area contributed by atoms with Crippen LogP contribution in [0.25, 0.3) is 0 Å². The van der Waals surface area contributed by atoms with E-state index in [0.29, 0.717) is 6.42 Å². The molecule has 1 aliphatic rings. The topological polar surface area (TPSA) is 72.2 Å². The summed E-state index contributed by atoms with van der Waals surface area (Å²) < 4.78 is 23.2. The van der Waals surface area contributed by atoms with E-state index in [0.717, 1.165) is 18.4 Å². The molecule has 1 aliphatic carbocycles. The molecule has 0 amide bonds. The van der Waals surface area contributed by atoms with E-state index in [-0.39, 0.29) is 6.04 Å². The predicted octanol–water partition coefficient (Wildman–Crippen LogP) is 0.983. The van der Waals surface area contributed by atoms with E-state index in [9.17, 15) is 8.42 Å². The first-order valence-electron chi connectivity index (χ1n) is 6.67. The van der Waals surface area contributed by atoms with Gasteiger partial charge < -0.3 is 0 Å². The van der Waals surface area contributed by atoms with Crippen molar-refractivity contribution in [2.24, 2.45) is 5.84 Å². The number of hydrazine groups is 1. The summed E-state index contributed by atoms with van der Waals surface area (Å²) in [5.74, 6) is 5.52. The molecule has 19 heavy (non-hydrogen) atoms. The zero-order chi connectivity index (χ0) is 14.0. The molecule has 2 rings (SSSR count). The number of benzene rings is 1. The molecule has 4 nitrogen and oxygen atoms in total. The fourth-order valence-electron chi connectivity index (χ4n) is 2.66. The van der Waals surface area contributed by atoms with Crippen molar-refractivity contribution in [3.8, 4) is 0 Å². The second-order valence-corrected chi connectivity index (χ2v) is 7.87. The Morgan fingerprint density at radius 1 is 1.32 bits per heavy atom. The van der Waals surface area contributed by atoms with Gasteiger partial charge in [-0.2, -0.15) is 0 Å². The average molecular weight is 282 g/mol. The number of aryl methyl sites for hydroxylation is 2. The number of fused-ring (bicyclic) bond motifs is 1. The van der Waals surface area contributed by atoms with Gasteiger partial charge in [0.25, 0.3) is 0 Å². The molecule has 106 valence electrons. The van der Waals surface area contributed by atoms with Crippen LogP contribution in [-0.4, -0.2) is 26.0 Å². The van der Waals surface area contributed by atoms with Crippen LogP contribution < -0.4 is 11.3 Å². The van der Waals surface area contributed by atoms with Gasteiger partial charge >= 0.3 is 0 Å². The van der Waals surface area contributed by atoms with Gasteiger partial charge in [0, 0.05) is 12.3 Å². The lowest BCUT2D eigenvalue weighted by Gasteiger charge is -2.22. The molecule has 0 heterocycles. The number of hydrogen-bond donors (Lipinski definition) is 2. The number of nitrogens with two attached hydrogens (primary N) is 1. The Morgan fingerprint density at radius 2 is 2.00 bits per heavy atom. The predicted molar refractivity (Wildman–Crippen MR) is 77.6 cm³/mol. The highest BCUT2D eigenvalue weighted by Crippen LogP contribution is 2.23. The van der Waals surface area contributed by atoms with Gasteiger partial charge in [-0.3, -0.25) is 11.3 Å². The number of rotatable bonds is 5. The van der Waals surface area contributed by atoms with Crippen molar-refractivity contribution in [2.75, 3.05) is 6.26 Å². The Kier molecular flexibility index (Phi) is 4.28. The third-order valence-corrected chi connectivity index (χ3v) is 5.75. The molecule has 0 radical (unpaired) electrons. The molecular formula is C14H22N2O2S. The molecule has 1 aromatic rings. The molecule has 2 atom stereocenters. The van der Waals surface area contributed by atoms with Crippen molar-refractivity contribution in [3.05, 3.63) is 34.9 Å². The lowest BCUT2D eigenvalue weighted by atomic mass is 10.00. The lowest BCUT2D eigenvalue weighted by Crippen LogP contribution is -2.47. The summed E-state index contributed by atoms with van der Waals surface area (Å²) in [5.41, 5.74) is 6.63. The fourth-order valence-corrected chi connectivity index (χ4v) is 3.44. The molecule has 0 saturated carbocycles. The van der Waals surface area contributed by atoms with Gasteiger partial charge in [0.05, 0.1) is 5.25 Å². The zero-order valence-electron chi connectivity index (χ0n) is 11.5. The van der Waals surface area contributed by atoms with Gasteiger partial charge in [-0.15, -0.1) is 0 Å². The normalized spacial score (nSPS) is 18.1. The molecule has 0 bridgehead atoms.